The molecule has 0 aliphatic carbocycles. The molecule has 3 amide bonds. The van der Waals surface area contributed by atoms with Crippen molar-refractivity contribution in [3.8, 4) is 0 Å². The SMILES string of the molecule is CC/C(=C/c1cccc([N+](=O)[O-])c1)C(=O)N1CCC2(CCN(C(=O)CNC(=O)c3ccco3)CC2)C1. The fourth-order valence-corrected chi connectivity index (χ4v) is 4.96. The number of piperidine rings is 1. The molecular formula is C26H30N4O6. The van der Waals surface area contributed by atoms with Gasteiger partial charge in [0, 0.05) is 43.9 Å². The van der Waals surface area contributed by atoms with Crippen LogP contribution in [-0.2, 0) is 9.59 Å². The van der Waals surface area contributed by atoms with E-state index in [0.29, 0.717) is 43.7 Å². The van der Waals surface area contributed by atoms with Gasteiger partial charge in [0.2, 0.25) is 11.8 Å². The van der Waals surface area contributed by atoms with Crippen molar-refractivity contribution in [1.29, 1.82) is 0 Å². The van der Waals surface area contributed by atoms with Gasteiger partial charge in [-0.15, -0.1) is 0 Å². The molecule has 1 aromatic heterocycles. The highest BCUT2D eigenvalue weighted by Crippen LogP contribution is 2.41. The van der Waals surface area contributed by atoms with Gasteiger partial charge in [0.05, 0.1) is 17.7 Å². The molecule has 190 valence electrons. The third-order valence-electron chi connectivity index (χ3n) is 7.13. The number of amides is 3. The number of carbonyl (C=O) groups excluding carboxylic acids is 3. The highest BCUT2D eigenvalue weighted by Gasteiger charge is 2.43. The normalized spacial score (nSPS) is 17.3. The maximum atomic E-state index is 13.3. The van der Waals surface area contributed by atoms with E-state index >= 15 is 0 Å². The van der Waals surface area contributed by atoms with Crippen molar-refractivity contribution in [1.82, 2.24) is 15.1 Å². The fraction of sp³-hybridized carbons (Fsp3) is 0.423. The van der Waals surface area contributed by atoms with Crippen LogP contribution in [0, 0.1) is 15.5 Å². The Balaban J connectivity index is 1.31. The molecule has 0 bridgehead atoms. The van der Waals surface area contributed by atoms with Gasteiger partial charge < -0.3 is 19.5 Å². The summed E-state index contributed by atoms with van der Waals surface area (Å²) in [6, 6.07) is 9.43. The molecule has 1 aromatic carbocycles. The van der Waals surface area contributed by atoms with E-state index in [9.17, 15) is 24.5 Å². The van der Waals surface area contributed by atoms with E-state index in [1.165, 1.54) is 18.4 Å². The number of nitrogens with one attached hydrogen (secondary N) is 1. The number of non-ortho nitro benzene ring substituents is 1. The summed E-state index contributed by atoms with van der Waals surface area (Å²) < 4.78 is 5.04. The summed E-state index contributed by atoms with van der Waals surface area (Å²) in [5, 5.41) is 13.7. The second-order valence-electron chi connectivity index (χ2n) is 9.39. The summed E-state index contributed by atoms with van der Waals surface area (Å²) in [6.45, 7) is 4.28. The van der Waals surface area contributed by atoms with E-state index in [1.54, 1.807) is 35.2 Å². The number of hydrogen-bond acceptors (Lipinski definition) is 6. The molecule has 0 radical (unpaired) electrons. The topological polar surface area (TPSA) is 126 Å². The van der Waals surface area contributed by atoms with Gasteiger partial charge in [-0.05, 0) is 54.9 Å². The second-order valence-corrected chi connectivity index (χ2v) is 9.39. The van der Waals surface area contributed by atoms with E-state index in [0.717, 1.165) is 19.3 Å². The van der Waals surface area contributed by atoms with Crippen molar-refractivity contribution in [2.75, 3.05) is 32.7 Å². The summed E-state index contributed by atoms with van der Waals surface area (Å²) >= 11 is 0. The smallest absolute Gasteiger partial charge is 0.287 e. The summed E-state index contributed by atoms with van der Waals surface area (Å²) in [5.41, 5.74) is 1.23. The van der Waals surface area contributed by atoms with Gasteiger partial charge in [-0.3, -0.25) is 24.5 Å². The number of hydrogen-bond donors (Lipinski definition) is 1. The third-order valence-corrected chi connectivity index (χ3v) is 7.13. The lowest BCUT2D eigenvalue weighted by atomic mass is 9.77. The molecule has 10 nitrogen and oxygen atoms in total. The Morgan fingerprint density at radius 3 is 2.47 bits per heavy atom. The number of nitrogens with zero attached hydrogens (tertiary/aromatic N) is 3. The standard InChI is InChI=1S/C26H30N4O6/c1-2-20(15-19-5-3-6-21(16-19)30(34)35)25(33)29-13-10-26(18-29)8-11-28(12-9-26)23(31)17-27-24(32)22-7-4-14-36-22/h3-7,14-16H,2,8-13,17-18H2,1H3,(H,27,32)/b20-15-. The van der Waals surface area contributed by atoms with Gasteiger partial charge in [-0.2, -0.15) is 0 Å². The fourth-order valence-electron chi connectivity index (χ4n) is 4.96. The number of carbonyl (C=O) groups is 3. The number of furan rings is 1. The number of benzene rings is 1. The van der Waals surface area contributed by atoms with Gasteiger partial charge in [0.25, 0.3) is 11.6 Å². The van der Waals surface area contributed by atoms with Gasteiger partial charge in [-0.1, -0.05) is 19.1 Å². The molecule has 2 aromatic rings. The Morgan fingerprint density at radius 1 is 1.11 bits per heavy atom. The van der Waals surface area contributed by atoms with Crippen LogP contribution in [0.25, 0.3) is 6.08 Å². The zero-order valence-corrected chi connectivity index (χ0v) is 20.3. The minimum absolute atomic E-state index is 0.00591. The van der Waals surface area contributed by atoms with Crippen LogP contribution >= 0.6 is 0 Å². The Hall–Kier alpha value is -3.95. The minimum atomic E-state index is -0.445. The molecule has 2 saturated heterocycles. The Bertz CT molecular complexity index is 1160. The molecule has 3 heterocycles. The van der Waals surface area contributed by atoms with Crippen LogP contribution < -0.4 is 5.32 Å². The van der Waals surface area contributed by atoms with Crippen LogP contribution in [0.15, 0.2) is 52.7 Å². The molecule has 0 unspecified atom stereocenters. The Kier molecular flexibility index (Phi) is 7.52. The average Bonchev–Trinajstić information content (AvgIpc) is 3.57. The van der Waals surface area contributed by atoms with Crippen LogP contribution in [-0.4, -0.2) is 65.2 Å². The molecule has 4 rings (SSSR count). The lowest BCUT2D eigenvalue weighted by Crippen LogP contribution is -2.47. The van der Waals surface area contributed by atoms with Gasteiger partial charge in [0.1, 0.15) is 0 Å². The molecule has 10 heteroatoms. The van der Waals surface area contributed by atoms with E-state index in [2.05, 4.69) is 5.32 Å². The Morgan fingerprint density at radius 2 is 1.83 bits per heavy atom. The number of likely N-dealkylation sites (tertiary alicyclic amines) is 2. The van der Waals surface area contributed by atoms with Crippen molar-refractivity contribution in [3.63, 3.8) is 0 Å². The van der Waals surface area contributed by atoms with E-state index < -0.39 is 10.8 Å². The molecule has 2 aliphatic heterocycles. The van der Waals surface area contributed by atoms with E-state index in [1.807, 2.05) is 11.8 Å². The Labute approximate surface area is 209 Å². The van der Waals surface area contributed by atoms with E-state index in [-0.39, 0.29) is 35.2 Å². The first-order valence-electron chi connectivity index (χ1n) is 12.1. The predicted octanol–water partition coefficient (Wildman–Crippen LogP) is 3.25. The van der Waals surface area contributed by atoms with Crippen molar-refractivity contribution >= 4 is 29.5 Å². The quantitative estimate of drug-likeness (QED) is 0.358. The zero-order valence-electron chi connectivity index (χ0n) is 20.3. The summed E-state index contributed by atoms with van der Waals surface area (Å²) in [5.74, 6) is -0.428. The van der Waals surface area contributed by atoms with Crippen molar-refractivity contribution in [2.24, 2.45) is 5.41 Å². The highest BCUT2D eigenvalue weighted by atomic mass is 16.6. The third kappa shape index (κ3) is 5.64. The first-order chi connectivity index (χ1) is 17.3. The largest absolute Gasteiger partial charge is 0.459 e. The number of nitro benzene ring substituents is 1. The number of rotatable bonds is 7. The lowest BCUT2D eigenvalue weighted by Gasteiger charge is -2.39. The van der Waals surface area contributed by atoms with E-state index in [4.69, 9.17) is 4.42 Å². The van der Waals surface area contributed by atoms with Crippen LogP contribution in [0.3, 0.4) is 0 Å². The number of nitro groups is 1. The van der Waals surface area contributed by atoms with Crippen LogP contribution in [0.2, 0.25) is 0 Å². The molecule has 2 aliphatic rings. The monoisotopic (exact) mass is 494 g/mol. The molecule has 2 fully saturated rings. The van der Waals surface area contributed by atoms with Crippen LogP contribution in [0.5, 0.6) is 0 Å². The highest BCUT2D eigenvalue weighted by molar-refractivity contribution is 5.98. The summed E-state index contributed by atoms with van der Waals surface area (Å²) in [4.78, 5) is 52.1. The maximum absolute atomic E-state index is 13.3. The second kappa shape index (κ2) is 10.8. The summed E-state index contributed by atoms with van der Waals surface area (Å²) in [7, 11) is 0. The van der Waals surface area contributed by atoms with Gasteiger partial charge in [-0.25, -0.2) is 0 Å². The lowest BCUT2D eigenvalue weighted by molar-refractivity contribution is -0.384. The predicted molar refractivity (Wildman–Crippen MR) is 132 cm³/mol. The molecule has 1 spiro atoms. The first kappa shape index (κ1) is 25.2. The molecular weight excluding hydrogens is 464 g/mol. The minimum Gasteiger partial charge on any atom is -0.459 e. The summed E-state index contributed by atoms with van der Waals surface area (Å²) in [6.07, 6.45) is 6.14. The van der Waals surface area contributed by atoms with Crippen LogP contribution in [0.4, 0.5) is 5.69 Å². The molecule has 36 heavy (non-hydrogen) atoms. The van der Waals surface area contributed by atoms with Crippen molar-refractivity contribution in [3.05, 3.63) is 69.7 Å². The maximum Gasteiger partial charge on any atom is 0.287 e. The van der Waals surface area contributed by atoms with Crippen molar-refractivity contribution in [2.45, 2.75) is 32.6 Å². The first-order valence-corrected chi connectivity index (χ1v) is 12.1. The average molecular weight is 495 g/mol. The van der Waals surface area contributed by atoms with Crippen molar-refractivity contribution < 1.29 is 23.7 Å². The molecule has 1 N–H and O–H groups in total. The van der Waals surface area contributed by atoms with Gasteiger partial charge >= 0.3 is 0 Å². The van der Waals surface area contributed by atoms with Crippen LogP contribution in [0.1, 0.15) is 48.7 Å². The zero-order chi connectivity index (χ0) is 25.7. The molecule has 0 saturated carbocycles. The molecule has 0 atom stereocenters. The van der Waals surface area contributed by atoms with Gasteiger partial charge in [0.15, 0.2) is 5.76 Å².